The summed E-state index contributed by atoms with van der Waals surface area (Å²) in [5.74, 6) is 0.972. The summed E-state index contributed by atoms with van der Waals surface area (Å²) in [5.41, 5.74) is 0.717. The second-order valence-corrected chi connectivity index (χ2v) is 6.16. The fourth-order valence-corrected chi connectivity index (χ4v) is 3.31. The van der Waals surface area contributed by atoms with Crippen LogP contribution in [-0.4, -0.2) is 23.4 Å². The first-order valence-electron chi connectivity index (χ1n) is 7.66. The topological polar surface area (TPSA) is 67.2 Å². The summed E-state index contributed by atoms with van der Waals surface area (Å²) in [5, 5.41) is 8.13. The molecule has 0 aliphatic rings. The minimum atomic E-state index is -0.212. The van der Waals surface area contributed by atoms with Crippen LogP contribution in [0.15, 0.2) is 59.0 Å². The second kappa shape index (κ2) is 6.33. The third-order valence-corrected chi connectivity index (χ3v) is 4.56. The zero-order valence-electron chi connectivity index (χ0n) is 12.8. The zero-order chi connectivity index (χ0) is 16.4. The van der Waals surface area contributed by atoms with Crippen LogP contribution in [0.5, 0.6) is 0 Å². The van der Waals surface area contributed by atoms with Crippen LogP contribution in [0, 0.1) is 0 Å². The molecule has 24 heavy (non-hydrogen) atoms. The fraction of sp³-hybridized carbons (Fsp3) is 0.111. The van der Waals surface area contributed by atoms with Gasteiger partial charge in [-0.3, -0.25) is 4.79 Å². The van der Waals surface area contributed by atoms with E-state index in [9.17, 15) is 4.79 Å². The molecule has 0 unspecified atom stereocenters. The van der Waals surface area contributed by atoms with Gasteiger partial charge in [0.2, 0.25) is 0 Å². The molecule has 120 valence electrons. The molecule has 5 nitrogen and oxygen atoms in total. The van der Waals surface area contributed by atoms with Crippen molar-refractivity contribution in [3.05, 3.63) is 60.4 Å². The molecule has 4 rings (SSSR count). The average molecular weight is 337 g/mol. The van der Waals surface area contributed by atoms with E-state index in [4.69, 9.17) is 4.42 Å². The maximum atomic E-state index is 12.1. The van der Waals surface area contributed by atoms with Gasteiger partial charge in [-0.05, 0) is 35.8 Å². The Kier molecular flexibility index (Phi) is 3.88. The van der Waals surface area contributed by atoms with E-state index in [1.807, 2.05) is 48.5 Å². The Morgan fingerprint density at radius 2 is 1.92 bits per heavy atom. The van der Waals surface area contributed by atoms with Crippen LogP contribution in [0.2, 0.25) is 0 Å². The van der Waals surface area contributed by atoms with E-state index < -0.39 is 0 Å². The van der Waals surface area contributed by atoms with Crippen LogP contribution in [-0.2, 0) is 0 Å². The lowest BCUT2D eigenvalue weighted by molar-refractivity contribution is 0.0929. The van der Waals surface area contributed by atoms with Crippen LogP contribution in [0.25, 0.3) is 21.1 Å². The van der Waals surface area contributed by atoms with Gasteiger partial charge in [-0.15, -0.1) is 0 Å². The number of nitrogens with zero attached hydrogens (tertiary/aromatic N) is 1. The number of anilines is 1. The fourth-order valence-electron chi connectivity index (χ4n) is 2.55. The van der Waals surface area contributed by atoms with E-state index in [1.165, 1.54) is 11.5 Å². The minimum absolute atomic E-state index is 0.212. The van der Waals surface area contributed by atoms with Crippen LogP contribution in [0.1, 0.15) is 10.6 Å². The van der Waals surface area contributed by atoms with Crippen molar-refractivity contribution in [3.63, 3.8) is 0 Å². The van der Waals surface area contributed by atoms with Gasteiger partial charge in [0.05, 0.1) is 4.70 Å². The molecule has 2 aromatic carbocycles. The van der Waals surface area contributed by atoms with Gasteiger partial charge in [-0.2, -0.15) is 4.37 Å². The number of hydrogen-bond donors (Lipinski definition) is 2. The summed E-state index contributed by atoms with van der Waals surface area (Å²) in [6, 6.07) is 17.4. The van der Waals surface area contributed by atoms with Crippen molar-refractivity contribution in [3.8, 4) is 0 Å². The van der Waals surface area contributed by atoms with Crippen molar-refractivity contribution in [2.24, 2.45) is 0 Å². The van der Waals surface area contributed by atoms with Gasteiger partial charge in [-0.1, -0.05) is 30.3 Å². The molecule has 2 N–H and O–H groups in total. The minimum Gasteiger partial charge on any atom is -0.451 e. The number of aromatic nitrogens is 1. The smallest absolute Gasteiger partial charge is 0.287 e. The maximum Gasteiger partial charge on any atom is 0.287 e. The van der Waals surface area contributed by atoms with Crippen molar-refractivity contribution in [2.75, 3.05) is 18.4 Å². The first-order valence-corrected chi connectivity index (χ1v) is 8.44. The molecule has 2 aromatic heterocycles. The SMILES string of the molecule is O=C(NCCNc1nsc2ccccc12)c1cc2ccccc2o1. The van der Waals surface area contributed by atoms with E-state index >= 15 is 0 Å². The van der Waals surface area contributed by atoms with Gasteiger partial charge in [0.25, 0.3) is 5.91 Å². The molecule has 1 amide bonds. The lowest BCUT2D eigenvalue weighted by Crippen LogP contribution is -2.28. The molecule has 0 aliphatic heterocycles. The molecular formula is C18H15N3O2S. The normalized spacial score (nSPS) is 11.0. The van der Waals surface area contributed by atoms with Crippen molar-refractivity contribution >= 4 is 44.3 Å². The Bertz CT molecular complexity index is 973. The average Bonchev–Trinajstić information content (AvgIpc) is 3.23. The van der Waals surface area contributed by atoms with Crippen LogP contribution >= 0.6 is 11.5 Å². The highest BCUT2D eigenvalue weighted by atomic mass is 32.1. The highest BCUT2D eigenvalue weighted by molar-refractivity contribution is 7.13. The Balaban J connectivity index is 1.34. The number of hydrogen-bond acceptors (Lipinski definition) is 5. The van der Waals surface area contributed by atoms with Crippen molar-refractivity contribution in [1.82, 2.24) is 9.69 Å². The predicted octanol–water partition coefficient (Wildman–Crippen LogP) is 3.88. The van der Waals surface area contributed by atoms with Crippen molar-refractivity contribution in [1.29, 1.82) is 0 Å². The Labute approximate surface area is 142 Å². The van der Waals surface area contributed by atoms with E-state index in [2.05, 4.69) is 15.0 Å². The number of para-hydroxylation sites is 1. The number of fused-ring (bicyclic) bond motifs is 2. The number of nitrogens with one attached hydrogen (secondary N) is 2. The summed E-state index contributed by atoms with van der Waals surface area (Å²) < 4.78 is 11.1. The van der Waals surface area contributed by atoms with Gasteiger partial charge in [0.1, 0.15) is 11.4 Å². The lowest BCUT2D eigenvalue weighted by atomic mass is 10.2. The lowest BCUT2D eigenvalue weighted by Gasteiger charge is -2.05. The predicted molar refractivity (Wildman–Crippen MR) is 96.7 cm³/mol. The van der Waals surface area contributed by atoms with Crippen molar-refractivity contribution in [2.45, 2.75) is 0 Å². The number of carbonyl (C=O) groups excluding carboxylic acids is 1. The van der Waals surface area contributed by atoms with E-state index in [1.54, 1.807) is 6.07 Å². The van der Waals surface area contributed by atoms with Crippen LogP contribution < -0.4 is 10.6 Å². The number of carbonyl (C=O) groups is 1. The standard InChI is InChI=1S/C18H15N3O2S/c22-18(15-11-12-5-1-3-7-14(12)23-15)20-10-9-19-17-13-6-2-4-8-16(13)24-21-17/h1-8,11H,9-10H2,(H,19,21)(H,20,22). The highest BCUT2D eigenvalue weighted by Gasteiger charge is 2.11. The Hall–Kier alpha value is -2.86. The van der Waals surface area contributed by atoms with Gasteiger partial charge in [0, 0.05) is 23.9 Å². The third-order valence-electron chi connectivity index (χ3n) is 3.73. The van der Waals surface area contributed by atoms with E-state index in [0.717, 1.165) is 26.9 Å². The molecule has 0 spiro atoms. The highest BCUT2D eigenvalue weighted by Crippen LogP contribution is 2.25. The largest absolute Gasteiger partial charge is 0.451 e. The maximum absolute atomic E-state index is 12.1. The molecule has 0 fully saturated rings. The van der Waals surface area contributed by atoms with Crippen LogP contribution in [0.4, 0.5) is 5.82 Å². The number of furan rings is 1. The molecule has 0 atom stereocenters. The molecule has 6 heteroatoms. The van der Waals surface area contributed by atoms with E-state index in [0.29, 0.717) is 18.8 Å². The molecular weight excluding hydrogens is 322 g/mol. The van der Waals surface area contributed by atoms with Crippen LogP contribution in [0.3, 0.4) is 0 Å². The monoisotopic (exact) mass is 337 g/mol. The Morgan fingerprint density at radius 1 is 1.08 bits per heavy atom. The zero-order valence-corrected chi connectivity index (χ0v) is 13.6. The first-order chi connectivity index (χ1) is 11.8. The third kappa shape index (κ3) is 2.83. The summed E-state index contributed by atoms with van der Waals surface area (Å²) in [6.45, 7) is 1.08. The first kappa shape index (κ1) is 14.7. The van der Waals surface area contributed by atoms with Gasteiger partial charge < -0.3 is 15.1 Å². The van der Waals surface area contributed by atoms with Gasteiger partial charge >= 0.3 is 0 Å². The Morgan fingerprint density at radius 3 is 2.83 bits per heavy atom. The van der Waals surface area contributed by atoms with E-state index in [-0.39, 0.29) is 5.91 Å². The molecule has 4 aromatic rings. The number of amides is 1. The molecule has 0 saturated heterocycles. The second-order valence-electron chi connectivity index (χ2n) is 5.36. The number of benzene rings is 2. The number of rotatable bonds is 5. The quantitative estimate of drug-likeness (QED) is 0.542. The molecule has 0 radical (unpaired) electrons. The van der Waals surface area contributed by atoms with Crippen molar-refractivity contribution < 1.29 is 9.21 Å². The molecule has 0 saturated carbocycles. The molecule has 0 aliphatic carbocycles. The molecule has 2 heterocycles. The summed E-state index contributed by atoms with van der Waals surface area (Å²) in [7, 11) is 0. The van der Waals surface area contributed by atoms with Gasteiger partial charge in [-0.25, -0.2) is 0 Å². The van der Waals surface area contributed by atoms with Gasteiger partial charge in [0.15, 0.2) is 5.76 Å². The summed E-state index contributed by atoms with van der Waals surface area (Å²) >= 11 is 1.46. The molecule has 0 bridgehead atoms. The summed E-state index contributed by atoms with van der Waals surface area (Å²) in [4.78, 5) is 12.1. The summed E-state index contributed by atoms with van der Waals surface area (Å²) in [6.07, 6.45) is 0.